The Morgan fingerprint density at radius 1 is 1.03 bits per heavy atom. The number of hydrogen-bond donors (Lipinski definition) is 1. The van der Waals surface area contributed by atoms with Gasteiger partial charge in [0.1, 0.15) is 5.56 Å². The molecule has 0 fully saturated rings. The first kappa shape index (κ1) is 23.5. The van der Waals surface area contributed by atoms with Crippen molar-refractivity contribution in [3.05, 3.63) is 72.8 Å². The number of nitro benzene ring substituents is 2. The van der Waals surface area contributed by atoms with Crippen molar-refractivity contribution in [3.8, 4) is 0 Å². The molecule has 2 aromatic carbocycles. The first-order valence-corrected chi connectivity index (χ1v) is 9.66. The second-order valence-electron chi connectivity index (χ2n) is 6.85. The lowest BCUT2D eigenvalue weighted by Crippen LogP contribution is -2.30. The van der Waals surface area contributed by atoms with E-state index in [0.717, 1.165) is 23.3 Å². The van der Waals surface area contributed by atoms with Crippen LogP contribution in [-0.2, 0) is 22.4 Å². The highest BCUT2D eigenvalue weighted by molar-refractivity contribution is 5.98. The number of aryl methyl sites for hydroxylation is 2. The van der Waals surface area contributed by atoms with Crippen LogP contribution < -0.4 is 5.32 Å². The summed E-state index contributed by atoms with van der Waals surface area (Å²) in [5.74, 6) is -1.66. The molecule has 1 atom stereocenters. The molecule has 0 aliphatic carbocycles. The molecule has 0 aliphatic rings. The van der Waals surface area contributed by atoms with Gasteiger partial charge in [0.15, 0.2) is 6.10 Å². The number of nitrogens with zero attached hydrogens (tertiary/aromatic N) is 2. The van der Waals surface area contributed by atoms with Gasteiger partial charge in [-0.05, 0) is 37.8 Å². The maximum Gasteiger partial charge on any atom is 0.339 e. The van der Waals surface area contributed by atoms with Gasteiger partial charge in [0, 0.05) is 17.8 Å². The fourth-order valence-electron chi connectivity index (χ4n) is 3.09. The number of amides is 1. The zero-order chi connectivity index (χ0) is 23.3. The summed E-state index contributed by atoms with van der Waals surface area (Å²) >= 11 is 0. The largest absolute Gasteiger partial charge is 0.449 e. The first-order chi connectivity index (χ1) is 14.6. The fraction of sp³-hybridized carbons (Fsp3) is 0.333. The van der Waals surface area contributed by atoms with Gasteiger partial charge >= 0.3 is 5.97 Å². The van der Waals surface area contributed by atoms with Crippen LogP contribution in [0.1, 0.15) is 47.8 Å². The highest BCUT2D eigenvalue weighted by atomic mass is 16.6. The Balaban J connectivity index is 2.26. The SMILES string of the molecule is CCc1cccc(CC)c1NC(=O)[C@@H](C)OC(=O)c1cc([N+](=O)[O-])c(C)c([N+](=O)[O-])c1. The predicted molar refractivity (Wildman–Crippen MR) is 113 cm³/mol. The summed E-state index contributed by atoms with van der Waals surface area (Å²) in [6, 6.07) is 7.47. The Kier molecular flexibility index (Phi) is 7.41. The highest BCUT2D eigenvalue weighted by Crippen LogP contribution is 2.30. The van der Waals surface area contributed by atoms with Gasteiger partial charge in [-0.2, -0.15) is 0 Å². The summed E-state index contributed by atoms with van der Waals surface area (Å²) in [5.41, 5.74) is 0.784. The normalized spacial score (nSPS) is 11.5. The number of nitro groups is 2. The summed E-state index contributed by atoms with van der Waals surface area (Å²) in [4.78, 5) is 45.8. The third-order valence-corrected chi connectivity index (χ3v) is 4.88. The molecule has 31 heavy (non-hydrogen) atoms. The number of anilines is 1. The number of nitrogens with one attached hydrogen (secondary N) is 1. The molecule has 2 aromatic rings. The topological polar surface area (TPSA) is 142 Å². The molecule has 10 nitrogen and oxygen atoms in total. The maximum atomic E-state index is 12.6. The van der Waals surface area contributed by atoms with Gasteiger partial charge in [0.2, 0.25) is 0 Å². The number of rotatable bonds is 8. The summed E-state index contributed by atoms with van der Waals surface area (Å²) in [6.45, 7) is 6.47. The molecular weight excluding hydrogens is 406 g/mol. The molecule has 10 heteroatoms. The van der Waals surface area contributed by atoms with E-state index in [0.29, 0.717) is 18.5 Å². The van der Waals surface area contributed by atoms with Crippen LogP contribution in [0.25, 0.3) is 0 Å². The molecule has 1 N–H and O–H groups in total. The van der Waals surface area contributed by atoms with Crippen LogP contribution in [0.2, 0.25) is 0 Å². The summed E-state index contributed by atoms with van der Waals surface area (Å²) in [6.07, 6.45) is 0.143. The van der Waals surface area contributed by atoms with Crippen molar-refractivity contribution >= 4 is 28.9 Å². The van der Waals surface area contributed by atoms with Crippen molar-refractivity contribution in [2.45, 2.75) is 46.6 Å². The fourth-order valence-corrected chi connectivity index (χ4v) is 3.09. The lowest BCUT2D eigenvalue weighted by atomic mass is 10.0. The van der Waals surface area contributed by atoms with Gasteiger partial charge in [0.25, 0.3) is 17.3 Å². The van der Waals surface area contributed by atoms with Crippen LogP contribution >= 0.6 is 0 Å². The van der Waals surface area contributed by atoms with Gasteiger partial charge in [-0.15, -0.1) is 0 Å². The van der Waals surface area contributed by atoms with Gasteiger partial charge in [0.05, 0.1) is 15.4 Å². The smallest absolute Gasteiger partial charge is 0.339 e. The Morgan fingerprint density at radius 3 is 1.94 bits per heavy atom. The summed E-state index contributed by atoms with van der Waals surface area (Å²) < 4.78 is 5.13. The van der Waals surface area contributed by atoms with Gasteiger partial charge in [-0.3, -0.25) is 25.0 Å². The zero-order valence-corrected chi connectivity index (χ0v) is 17.6. The van der Waals surface area contributed by atoms with Crippen molar-refractivity contribution in [3.63, 3.8) is 0 Å². The van der Waals surface area contributed by atoms with Crippen molar-refractivity contribution < 1.29 is 24.2 Å². The predicted octanol–water partition coefficient (Wildman–Crippen LogP) is 4.12. The molecule has 164 valence electrons. The number of esters is 1. The van der Waals surface area contributed by atoms with Crippen molar-refractivity contribution in [2.24, 2.45) is 0 Å². The molecular formula is C21H23N3O7. The third kappa shape index (κ3) is 5.21. The third-order valence-electron chi connectivity index (χ3n) is 4.88. The number of hydrogen-bond acceptors (Lipinski definition) is 7. The Bertz CT molecular complexity index is 992. The van der Waals surface area contributed by atoms with Crippen LogP contribution in [0.3, 0.4) is 0 Å². The molecule has 0 saturated heterocycles. The zero-order valence-electron chi connectivity index (χ0n) is 17.6. The van der Waals surface area contributed by atoms with Gasteiger partial charge < -0.3 is 10.1 Å². The first-order valence-electron chi connectivity index (χ1n) is 9.66. The van der Waals surface area contributed by atoms with E-state index in [1.165, 1.54) is 13.8 Å². The van der Waals surface area contributed by atoms with Crippen LogP contribution in [0, 0.1) is 27.2 Å². The molecule has 0 aromatic heterocycles. The minimum atomic E-state index is -1.23. The quantitative estimate of drug-likeness (QED) is 0.378. The summed E-state index contributed by atoms with van der Waals surface area (Å²) in [5, 5.41) is 25.2. The Morgan fingerprint density at radius 2 is 1.52 bits per heavy atom. The molecule has 0 spiro atoms. The van der Waals surface area contributed by atoms with Crippen molar-refractivity contribution in [1.29, 1.82) is 0 Å². The van der Waals surface area contributed by atoms with E-state index >= 15 is 0 Å². The molecule has 0 saturated carbocycles. The molecule has 0 radical (unpaired) electrons. The Labute approximate surface area is 178 Å². The number of carbonyl (C=O) groups is 2. The van der Waals surface area contributed by atoms with Gasteiger partial charge in [-0.25, -0.2) is 4.79 Å². The Hall–Kier alpha value is -3.82. The van der Waals surface area contributed by atoms with Gasteiger partial charge in [-0.1, -0.05) is 32.0 Å². The lowest BCUT2D eigenvalue weighted by molar-refractivity contribution is -0.395. The van der Waals surface area contributed by atoms with Crippen molar-refractivity contribution in [2.75, 3.05) is 5.32 Å². The van der Waals surface area contributed by atoms with E-state index in [2.05, 4.69) is 5.32 Å². The number of benzene rings is 2. The van der Waals surface area contributed by atoms with E-state index < -0.39 is 39.2 Å². The molecule has 0 bridgehead atoms. The highest BCUT2D eigenvalue weighted by Gasteiger charge is 2.28. The van der Waals surface area contributed by atoms with Crippen molar-refractivity contribution in [1.82, 2.24) is 0 Å². The van der Waals surface area contributed by atoms with E-state index in [1.54, 1.807) is 0 Å². The van der Waals surface area contributed by atoms with Crippen LogP contribution in [0.5, 0.6) is 0 Å². The number of ether oxygens (including phenoxy) is 1. The lowest BCUT2D eigenvalue weighted by Gasteiger charge is -2.18. The van der Waals surface area contributed by atoms with Crippen LogP contribution in [0.4, 0.5) is 17.1 Å². The number of carbonyl (C=O) groups excluding carboxylic acids is 2. The summed E-state index contributed by atoms with van der Waals surface area (Å²) in [7, 11) is 0. The molecule has 0 unspecified atom stereocenters. The molecule has 2 rings (SSSR count). The molecule has 1 amide bonds. The number of para-hydroxylation sites is 1. The molecule has 0 aliphatic heterocycles. The van der Waals surface area contributed by atoms with Crippen LogP contribution in [0.15, 0.2) is 30.3 Å². The standard InChI is InChI=1S/C21H23N3O7/c1-5-14-8-7-9-15(6-2)19(14)22-20(25)13(4)31-21(26)16-10-17(23(27)28)12(3)18(11-16)24(29)30/h7-11,13H,5-6H2,1-4H3,(H,22,25)/t13-/m1/s1. The minimum Gasteiger partial charge on any atom is -0.449 e. The second kappa shape index (κ2) is 9.79. The van der Waals surface area contributed by atoms with E-state index in [4.69, 9.17) is 4.74 Å². The average molecular weight is 429 g/mol. The monoisotopic (exact) mass is 429 g/mol. The maximum absolute atomic E-state index is 12.6. The van der Waals surface area contributed by atoms with Crippen LogP contribution in [-0.4, -0.2) is 27.8 Å². The average Bonchev–Trinajstić information content (AvgIpc) is 2.73. The second-order valence-corrected chi connectivity index (χ2v) is 6.85. The van der Waals surface area contributed by atoms with E-state index in [-0.39, 0.29) is 11.1 Å². The molecule has 0 heterocycles. The van der Waals surface area contributed by atoms with E-state index in [9.17, 15) is 29.8 Å². The van der Waals surface area contributed by atoms with E-state index in [1.807, 2.05) is 32.0 Å². The minimum absolute atomic E-state index is 0.180.